The van der Waals surface area contributed by atoms with E-state index < -0.39 is 5.82 Å². The number of hydrogen-bond acceptors (Lipinski definition) is 2. The van der Waals surface area contributed by atoms with Gasteiger partial charge < -0.3 is 11.1 Å². The summed E-state index contributed by atoms with van der Waals surface area (Å²) in [4.78, 5) is 12.6. The average molecular weight is 298 g/mol. The average Bonchev–Trinajstić information content (AvgIpc) is 3.00. The summed E-state index contributed by atoms with van der Waals surface area (Å²) in [5.41, 5.74) is 6.52. The molecule has 0 bridgehead atoms. The molecule has 3 rings (SSSR count). The number of benzene rings is 2. The summed E-state index contributed by atoms with van der Waals surface area (Å²) in [5, 5.41) is 3.11. The molecule has 3 nitrogen and oxygen atoms in total. The van der Waals surface area contributed by atoms with Gasteiger partial charge in [0.05, 0.1) is 16.8 Å². The Kier molecular flexibility index (Phi) is 3.84. The largest absolute Gasteiger partial charge is 0.396 e. The number of nitrogens with two attached hydrogens (primary N) is 1. The van der Waals surface area contributed by atoms with Crippen molar-refractivity contribution in [2.75, 3.05) is 5.73 Å². The summed E-state index contributed by atoms with van der Waals surface area (Å²) in [6, 6.07) is 14.3. The zero-order valence-corrected chi connectivity index (χ0v) is 12.3. The number of anilines is 1. The normalized spacial score (nSPS) is 16.4. The van der Waals surface area contributed by atoms with Crippen LogP contribution in [-0.2, 0) is 5.54 Å². The highest BCUT2D eigenvalue weighted by Gasteiger charge is 2.37. The molecule has 0 spiro atoms. The van der Waals surface area contributed by atoms with Crippen molar-refractivity contribution in [1.82, 2.24) is 5.32 Å². The van der Waals surface area contributed by atoms with E-state index in [-0.39, 0.29) is 22.7 Å². The van der Waals surface area contributed by atoms with Gasteiger partial charge in [-0.3, -0.25) is 4.79 Å². The first-order valence-electron chi connectivity index (χ1n) is 7.54. The maximum absolute atomic E-state index is 13.6. The Bertz CT molecular complexity index is 679. The van der Waals surface area contributed by atoms with Gasteiger partial charge in [-0.15, -0.1) is 0 Å². The van der Waals surface area contributed by atoms with Crippen LogP contribution in [0.5, 0.6) is 0 Å². The second-order valence-electron chi connectivity index (χ2n) is 5.81. The molecular weight excluding hydrogens is 279 g/mol. The molecule has 0 radical (unpaired) electrons. The number of nitrogens with one attached hydrogen (secondary N) is 1. The predicted molar refractivity (Wildman–Crippen MR) is 84.9 cm³/mol. The number of carbonyl (C=O) groups is 1. The van der Waals surface area contributed by atoms with Gasteiger partial charge in [0.2, 0.25) is 0 Å². The van der Waals surface area contributed by atoms with E-state index in [0.717, 1.165) is 31.2 Å². The van der Waals surface area contributed by atoms with Gasteiger partial charge in [-0.05, 0) is 30.5 Å². The maximum atomic E-state index is 13.6. The van der Waals surface area contributed by atoms with E-state index in [4.69, 9.17) is 5.73 Å². The van der Waals surface area contributed by atoms with E-state index >= 15 is 0 Å². The second-order valence-corrected chi connectivity index (χ2v) is 5.81. The molecule has 22 heavy (non-hydrogen) atoms. The molecule has 0 aromatic heterocycles. The van der Waals surface area contributed by atoms with Crippen molar-refractivity contribution in [2.45, 2.75) is 31.2 Å². The monoisotopic (exact) mass is 298 g/mol. The maximum Gasteiger partial charge on any atom is 0.254 e. The summed E-state index contributed by atoms with van der Waals surface area (Å²) in [6.45, 7) is 0. The van der Waals surface area contributed by atoms with E-state index in [1.807, 2.05) is 30.3 Å². The Morgan fingerprint density at radius 3 is 2.41 bits per heavy atom. The number of para-hydroxylation sites is 1. The molecule has 0 heterocycles. The van der Waals surface area contributed by atoms with Gasteiger partial charge in [0.15, 0.2) is 0 Å². The van der Waals surface area contributed by atoms with Crippen LogP contribution < -0.4 is 11.1 Å². The lowest BCUT2D eigenvalue weighted by atomic mass is 9.87. The van der Waals surface area contributed by atoms with Crippen molar-refractivity contribution in [2.24, 2.45) is 0 Å². The third-order valence-corrected chi connectivity index (χ3v) is 4.43. The molecular formula is C18H19FN2O. The first-order valence-corrected chi connectivity index (χ1v) is 7.54. The molecule has 2 aromatic carbocycles. The lowest BCUT2D eigenvalue weighted by molar-refractivity contribution is 0.0898. The second kappa shape index (κ2) is 5.79. The highest BCUT2D eigenvalue weighted by atomic mass is 19.1. The number of halogens is 1. The quantitative estimate of drug-likeness (QED) is 0.851. The molecule has 0 atom stereocenters. The topological polar surface area (TPSA) is 55.1 Å². The first kappa shape index (κ1) is 14.6. The smallest absolute Gasteiger partial charge is 0.254 e. The summed E-state index contributed by atoms with van der Waals surface area (Å²) >= 11 is 0. The van der Waals surface area contributed by atoms with Crippen LogP contribution in [0.25, 0.3) is 0 Å². The van der Waals surface area contributed by atoms with Crippen LogP contribution in [0.15, 0.2) is 48.5 Å². The van der Waals surface area contributed by atoms with E-state index in [2.05, 4.69) is 5.32 Å². The van der Waals surface area contributed by atoms with Crippen LogP contribution in [0.4, 0.5) is 10.1 Å². The van der Waals surface area contributed by atoms with Crippen LogP contribution in [0.3, 0.4) is 0 Å². The molecule has 1 aliphatic carbocycles. The number of carbonyl (C=O) groups excluding carboxylic acids is 1. The van der Waals surface area contributed by atoms with Gasteiger partial charge in [0.25, 0.3) is 5.91 Å². The Morgan fingerprint density at radius 2 is 1.73 bits per heavy atom. The van der Waals surface area contributed by atoms with Gasteiger partial charge in [-0.2, -0.15) is 0 Å². The van der Waals surface area contributed by atoms with Crippen LogP contribution in [0.2, 0.25) is 0 Å². The third kappa shape index (κ3) is 2.56. The van der Waals surface area contributed by atoms with E-state index in [1.165, 1.54) is 12.1 Å². The molecule has 4 heteroatoms. The first-order chi connectivity index (χ1) is 10.6. The molecule has 2 aromatic rings. The van der Waals surface area contributed by atoms with E-state index in [0.29, 0.717) is 0 Å². The summed E-state index contributed by atoms with van der Waals surface area (Å²) < 4.78 is 13.6. The molecule has 0 unspecified atom stereocenters. The van der Waals surface area contributed by atoms with Crippen molar-refractivity contribution >= 4 is 11.6 Å². The fourth-order valence-electron chi connectivity index (χ4n) is 3.24. The Balaban J connectivity index is 1.92. The fraction of sp³-hybridized carbons (Fsp3) is 0.278. The molecule has 3 N–H and O–H groups in total. The van der Waals surface area contributed by atoms with Crippen LogP contribution in [-0.4, -0.2) is 5.91 Å². The van der Waals surface area contributed by atoms with E-state index in [9.17, 15) is 9.18 Å². The minimum atomic E-state index is -0.562. The number of hydrogen-bond donors (Lipinski definition) is 2. The summed E-state index contributed by atoms with van der Waals surface area (Å²) in [6.07, 6.45) is 3.90. The zero-order chi connectivity index (χ0) is 15.6. The zero-order valence-electron chi connectivity index (χ0n) is 12.3. The van der Waals surface area contributed by atoms with Crippen molar-refractivity contribution < 1.29 is 9.18 Å². The SMILES string of the molecule is Nc1c(F)cccc1C(=O)NC1(c2ccccc2)CCCC1. The van der Waals surface area contributed by atoms with Crippen molar-refractivity contribution in [1.29, 1.82) is 0 Å². The van der Waals surface area contributed by atoms with Gasteiger partial charge in [-0.25, -0.2) is 4.39 Å². The Morgan fingerprint density at radius 1 is 1.05 bits per heavy atom. The summed E-state index contributed by atoms with van der Waals surface area (Å²) in [5.74, 6) is -0.879. The standard InChI is InChI=1S/C18H19FN2O/c19-15-10-6-9-14(16(15)20)17(22)21-18(11-4-5-12-18)13-7-2-1-3-8-13/h1-3,6-10H,4-5,11-12,20H2,(H,21,22). The van der Waals surface area contributed by atoms with Crippen LogP contribution in [0.1, 0.15) is 41.6 Å². The van der Waals surface area contributed by atoms with Gasteiger partial charge in [0, 0.05) is 0 Å². The van der Waals surface area contributed by atoms with Gasteiger partial charge >= 0.3 is 0 Å². The minimum absolute atomic E-state index is 0.0961. The fourth-order valence-corrected chi connectivity index (χ4v) is 3.24. The highest BCUT2D eigenvalue weighted by Crippen LogP contribution is 2.39. The molecule has 1 aliphatic rings. The summed E-state index contributed by atoms with van der Waals surface area (Å²) in [7, 11) is 0. The van der Waals surface area contributed by atoms with Crippen LogP contribution >= 0.6 is 0 Å². The van der Waals surface area contributed by atoms with E-state index in [1.54, 1.807) is 6.07 Å². The molecule has 114 valence electrons. The van der Waals surface area contributed by atoms with Gasteiger partial charge in [0.1, 0.15) is 5.82 Å². The number of amides is 1. The molecule has 1 saturated carbocycles. The number of rotatable bonds is 3. The van der Waals surface area contributed by atoms with Crippen molar-refractivity contribution in [3.8, 4) is 0 Å². The predicted octanol–water partition coefficient (Wildman–Crippen LogP) is 3.61. The van der Waals surface area contributed by atoms with Crippen LogP contribution in [0, 0.1) is 5.82 Å². The van der Waals surface area contributed by atoms with Crippen molar-refractivity contribution in [3.05, 3.63) is 65.5 Å². The highest BCUT2D eigenvalue weighted by molar-refractivity contribution is 5.99. The molecule has 0 saturated heterocycles. The van der Waals surface area contributed by atoms with Gasteiger partial charge in [-0.1, -0.05) is 49.2 Å². The lowest BCUT2D eigenvalue weighted by Crippen LogP contribution is -2.44. The minimum Gasteiger partial charge on any atom is -0.396 e. The lowest BCUT2D eigenvalue weighted by Gasteiger charge is -2.31. The Labute approximate surface area is 129 Å². The number of nitrogen functional groups attached to an aromatic ring is 1. The third-order valence-electron chi connectivity index (χ3n) is 4.43. The molecule has 1 fully saturated rings. The molecule has 1 amide bonds. The molecule has 0 aliphatic heterocycles. The Hall–Kier alpha value is -2.36. The van der Waals surface area contributed by atoms with Crippen molar-refractivity contribution in [3.63, 3.8) is 0 Å².